The number of fused-ring (bicyclic) bond motifs is 1. The number of carbonyl (C=O) groups is 1. The number of aliphatic hydroxyl groups is 1. The first-order valence-electron chi connectivity index (χ1n) is 16.5. The van der Waals surface area contributed by atoms with Gasteiger partial charge in [0.1, 0.15) is 5.75 Å². The van der Waals surface area contributed by atoms with E-state index in [9.17, 15) is 31.5 Å². The van der Waals surface area contributed by atoms with Crippen molar-refractivity contribution in [2.24, 2.45) is 5.92 Å². The Morgan fingerprint density at radius 2 is 1.74 bits per heavy atom. The van der Waals surface area contributed by atoms with Crippen LogP contribution in [0, 0.1) is 5.92 Å². The molecule has 274 valence electrons. The van der Waals surface area contributed by atoms with Crippen LogP contribution < -0.4 is 9.46 Å². The normalized spacial score (nSPS) is 20.5. The van der Waals surface area contributed by atoms with Crippen molar-refractivity contribution in [1.29, 1.82) is 0 Å². The number of rotatable bonds is 9. The number of likely N-dealkylation sites (N-methyl/N-ethyl adjacent to an activating group) is 1. The molecule has 0 spiro atoms. The van der Waals surface area contributed by atoms with Gasteiger partial charge in [-0.15, -0.1) is 0 Å². The van der Waals surface area contributed by atoms with Crippen LogP contribution in [0.3, 0.4) is 0 Å². The van der Waals surface area contributed by atoms with Crippen molar-refractivity contribution < 1.29 is 41.0 Å². The van der Waals surface area contributed by atoms with Crippen LogP contribution in [0.25, 0.3) is 0 Å². The lowest BCUT2D eigenvalue weighted by atomic mass is 10.0. The molecule has 50 heavy (non-hydrogen) atoms. The van der Waals surface area contributed by atoms with Gasteiger partial charge in [0.15, 0.2) is 0 Å². The minimum Gasteiger partial charge on any atom is -0.490 e. The standard InChI is InChI=1S/C36H45ClF3N3O6S/c1-24-20-43(25(2)23-44)35(45)32-19-30(41-50(46,47)31-15-12-29(37)13-16-31)14-17-33(32)49-26(3)7-5-6-18-48-34(24)22-42(4)21-27-8-10-28(11-9-27)36(38,39)40/h8-17,19,24-26,34,41,44H,5-7,18,20-23H2,1-4H3/t24-,25-,26-,34+/m0/s1. The van der Waals surface area contributed by atoms with E-state index in [0.29, 0.717) is 42.5 Å². The Hall–Kier alpha value is -3.36. The zero-order valence-corrected chi connectivity index (χ0v) is 30.2. The lowest BCUT2D eigenvalue weighted by Crippen LogP contribution is -2.47. The van der Waals surface area contributed by atoms with Gasteiger partial charge in [0.25, 0.3) is 15.9 Å². The van der Waals surface area contributed by atoms with Crippen molar-refractivity contribution in [2.75, 3.05) is 38.1 Å². The Labute approximate surface area is 297 Å². The molecule has 2 N–H and O–H groups in total. The SMILES string of the molecule is C[C@H]1CCCCO[C@H](CN(C)Cc2ccc(C(F)(F)F)cc2)[C@@H](C)CN([C@@H](C)CO)C(=O)c2cc(NS(=O)(=O)c3ccc(Cl)cc3)ccc2O1. The van der Waals surface area contributed by atoms with Gasteiger partial charge >= 0.3 is 6.18 Å². The number of nitrogens with zero attached hydrogens (tertiary/aromatic N) is 2. The van der Waals surface area contributed by atoms with Gasteiger partial charge in [-0.05, 0) is 100 Å². The van der Waals surface area contributed by atoms with Crippen LogP contribution in [-0.2, 0) is 27.5 Å². The summed E-state index contributed by atoms with van der Waals surface area (Å²) in [4.78, 5) is 17.9. The van der Waals surface area contributed by atoms with E-state index in [1.165, 1.54) is 53.4 Å². The van der Waals surface area contributed by atoms with Gasteiger partial charge in [0.2, 0.25) is 0 Å². The van der Waals surface area contributed by atoms with Crippen LogP contribution >= 0.6 is 11.6 Å². The van der Waals surface area contributed by atoms with Gasteiger partial charge < -0.3 is 19.5 Å². The van der Waals surface area contributed by atoms with Crippen LogP contribution in [0.15, 0.2) is 71.6 Å². The fraction of sp³-hybridized carbons (Fsp3) is 0.472. The fourth-order valence-electron chi connectivity index (χ4n) is 5.76. The zero-order valence-electron chi connectivity index (χ0n) is 28.6. The van der Waals surface area contributed by atoms with E-state index in [1.807, 2.05) is 25.8 Å². The van der Waals surface area contributed by atoms with E-state index in [-0.39, 0.29) is 47.4 Å². The Balaban J connectivity index is 1.61. The average molecular weight is 740 g/mol. The van der Waals surface area contributed by atoms with Crippen molar-refractivity contribution in [3.63, 3.8) is 0 Å². The number of hydrogen-bond acceptors (Lipinski definition) is 7. The lowest BCUT2D eigenvalue weighted by Gasteiger charge is -2.36. The molecule has 4 atom stereocenters. The van der Waals surface area contributed by atoms with Gasteiger partial charge in [0.05, 0.1) is 40.9 Å². The second-order valence-corrected chi connectivity index (χ2v) is 15.1. The summed E-state index contributed by atoms with van der Waals surface area (Å²) in [5.41, 5.74) is 0.296. The first-order chi connectivity index (χ1) is 23.6. The number of sulfonamides is 1. The molecule has 0 aromatic heterocycles. The molecule has 9 nitrogen and oxygen atoms in total. The number of halogens is 4. The molecule has 3 aromatic rings. The molecule has 4 rings (SSSR count). The number of hydrogen-bond donors (Lipinski definition) is 2. The maximum atomic E-state index is 14.4. The second kappa shape index (κ2) is 17.2. The average Bonchev–Trinajstić information content (AvgIpc) is 3.06. The molecule has 1 heterocycles. The number of benzene rings is 3. The summed E-state index contributed by atoms with van der Waals surface area (Å²) in [6.07, 6.45) is -2.82. The van der Waals surface area contributed by atoms with Gasteiger partial charge in [-0.2, -0.15) is 13.2 Å². The molecule has 0 bridgehead atoms. The summed E-state index contributed by atoms with van der Waals surface area (Å²) >= 11 is 5.94. The smallest absolute Gasteiger partial charge is 0.416 e. The highest BCUT2D eigenvalue weighted by Crippen LogP contribution is 2.31. The summed E-state index contributed by atoms with van der Waals surface area (Å²) in [5.74, 6) is -0.399. The van der Waals surface area contributed by atoms with Crippen molar-refractivity contribution in [3.8, 4) is 5.75 Å². The largest absolute Gasteiger partial charge is 0.490 e. The summed E-state index contributed by atoms with van der Waals surface area (Å²) in [6.45, 7) is 6.71. The quantitative estimate of drug-likeness (QED) is 0.241. The molecule has 0 saturated heterocycles. The van der Waals surface area contributed by atoms with Crippen molar-refractivity contribution in [1.82, 2.24) is 9.80 Å². The number of ether oxygens (including phenoxy) is 2. The molecule has 0 radical (unpaired) electrons. The fourth-order valence-corrected chi connectivity index (χ4v) is 6.93. The minimum absolute atomic E-state index is 0.00290. The van der Waals surface area contributed by atoms with E-state index in [1.54, 1.807) is 13.0 Å². The maximum absolute atomic E-state index is 14.4. The second-order valence-electron chi connectivity index (χ2n) is 13.0. The molecule has 0 unspecified atom stereocenters. The number of alkyl halides is 3. The third-order valence-electron chi connectivity index (χ3n) is 8.65. The highest BCUT2D eigenvalue weighted by molar-refractivity contribution is 7.92. The molecule has 1 aliphatic rings. The topological polar surface area (TPSA) is 108 Å². The Bertz CT molecular complexity index is 1680. The molecule has 0 fully saturated rings. The molecule has 14 heteroatoms. The monoisotopic (exact) mass is 739 g/mol. The molecular weight excluding hydrogens is 695 g/mol. The predicted molar refractivity (Wildman–Crippen MR) is 187 cm³/mol. The molecule has 3 aromatic carbocycles. The Morgan fingerprint density at radius 3 is 2.38 bits per heavy atom. The molecule has 1 amide bonds. The first kappa shape index (κ1) is 39.4. The van der Waals surface area contributed by atoms with Gasteiger partial charge in [0, 0.05) is 42.9 Å². The van der Waals surface area contributed by atoms with E-state index in [0.717, 1.165) is 25.0 Å². The number of aliphatic hydroxyl groups excluding tert-OH is 1. The molecule has 0 saturated carbocycles. The van der Waals surface area contributed by atoms with E-state index in [4.69, 9.17) is 21.1 Å². The summed E-state index contributed by atoms with van der Waals surface area (Å²) < 4.78 is 80.7. The van der Waals surface area contributed by atoms with E-state index >= 15 is 0 Å². The highest BCUT2D eigenvalue weighted by atomic mass is 35.5. The van der Waals surface area contributed by atoms with Gasteiger partial charge in [-0.25, -0.2) is 8.42 Å². The number of anilines is 1. The van der Waals surface area contributed by atoms with Crippen LogP contribution in [0.5, 0.6) is 5.75 Å². The maximum Gasteiger partial charge on any atom is 0.416 e. The molecule has 0 aliphatic carbocycles. The van der Waals surface area contributed by atoms with Gasteiger partial charge in [-0.3, -0.25) is 14.4 Å². The summed E-state index contributed by atoms with van der Waals surface area (Å²) in [6, 6.07) is 14.7. The van der Waals surface area contributed by atoms with E-state index < -0.39 is 33.7 Å². The third-order valence-corrected chi connectivity index (χ3v) is 10.3. The lowest BCUT2D eigenvalue weighted by molar-refractivity contribution is -0.137. The van der Waals surface area contributed by atoms with Crippen LogP contribution in [0.4, 0.5) is 18.9 Å². The number of nitrogens with one attached hydrogen (secondary N) is 1. The Kier molecular flexibility index (Phi) is 13.6. The molecule has 1 aliphatic heterocycles. The van der Waals surface area contributed by atoms with Crippen molar-refractivity contribution in [3.05, 3.63) is 88.4 Å². The number of amides is 1. The first-order valence-corrected chi connectivity index (χ1v) is 18.4. The Morgan fingerprint density at radius 1 is 1.06 bits per heavy atom. The van der Waals surface area contributed by atoms with Crippen LogP contribution in [0.1, 0.15) is 61.5 Å². The van der Waals surface area contributed by atoms with Crippen LogP contribution in [-0.4, -0.2) is 80.8 Å². The van der Waals surface area contributed by atoms with Crippen molar-refractivity contribution in [2.45, 2.75) is 75.9 Å². The van der Waals surface area contributed by atoms with Gasteiger partial charge in [-0.1, -0.05) is 30.7 Å². The minimum atomic E-state index is -4.41. The van der Waals surface area contributed by atoms with E-state index in [2.05, 4.69) is 4.72 Å². The molecular formula is C36H45ClF3N3O6S. The van der Waals surface area contributed by atoms with Crippen LogP contribution in [0.2, 0.25) is 5.02 Å². The highest BCUT2D eigenvalue weighted by Gasteiger charge is 2.32. The number of carbonyl (C=O) groups excluding carboxylic acids is 1. The summed E-state index contributed by atoms with van der Waals surface area (Å²) in [5, 5.41) is 10.6. The third kappa shape index (κ3) is 10.8. The summed E-state index contributed by atoms with van der Waals surface area (Å²) in [7, 11) is -2.15. The zero-order chi connectivity index (χ0) is 36.6. The predicted octanol–water partition coefficient (Wildman–Crippen LogP) is 7.09. The van der Waals surface area contributed by atoms with Crippen molar-refractivity contribution >= 4 is 33.2 Å².